The number of ether oxygens (including phenoxy) is 2. The van der Waals surface area contributed by atoms with E-state index in [9.17, 15) is 0 Å². The second kappa shape index (κ2) is 6.40. The van der Waals surface area contributed by atoms with E-state index in [4.69, 9.17) is 9.47 Å². The van der Waals surface area contributed by atoms with Crippen molar-refractivity contribution in [2.75, 3.05) is 13.7 Å². The lowest BCUT2D eigenvalue weighted by Gasteiger charge is -2.06. The predicted octanol–water partition coefficient (Wildman–Crippen LogP) is 3.05. The highest BCUT2D eigenvalue weighted by molar-refractivity contribution is 5.54. The molecule has 0 saturated carbocycles. The van der Waals surface area contributed by atoms with Crippen molar-refractivity contribution < 1.29 is 9.47 Å². The molecule has 2 aromatic rings. The lowest BCUT2D eigenvalue weighted by atomic mass is 10.3. The first kappa shape index (κ1) is 12.9. The van der Waals surface area contributed by atoms with Crippen molar-refractivity contribution in [3.8, 4) is 5.75 Å². The van der Waals surface area contributed by atoms with Crippen LogP contribution in [0.3, 0.4) is 0 Å². The third kappa shape index (κ3) is 3.01. The summed E-state index contributed by atoms with van der Waals surface area (Å²) in [5.41, 5.74) is 1.78. The van der Waals surface area contributed by atoms with Gasteiger partial charge in [-0.3, -0.25) is 0 Å². The molecule has 0 spiro atoms. The molecule has 98 valence electrons. The normalized spacial score (nSPS) is 11.0. The third-order valence-corrected chi connectivity index (χ3v) is 2.79. The Balaban J connectivity index is 2.11. The summed E-state index contributed by atoms with van der Waals surface area (Å²) < 4.78 is 12.9. The van der Waals surface area contributed by atoms with E-state index in [1.54, 1.807) is 7.11 Å². The van der Waals surface area contributed by atoms with E-state index in [-0.39, 0.29) is 0 Å². The molecule has 0 amide bonds. The van der Waals surface area contributed by atoms with Crippen molar-refractivity contribution in [1.82, 2.24) is 9.38 Å². The molecular weight excluding hydrogens is 228 g/mol. The van der Waals surface area contributed by atoms with Crippen LogP contribution < -0.4 is 4.74 Å². The molecule has 4 nitrogen and oxygen atoms in total. The Hall–Kier alpha value is -1.55. The molecule has 0 atom stereocenters. The Labute approximate surface area is 108 Å². The molecular formula is C14H20N2O2. The van der Waals surface area contributed by atoms with E-state index < -0.39 is 0 Å². The number of imidazole rings is 1. The van der Waals surface area contributed by atoms with Crippen molar-refractivity contribution in [3.63, 3.8) is 0 Å². The van der Waals surface area contributed by atoms with Gasteiger partial charge in [-0.05, 0) is 18.6 Å². The highest BCUT2D eigenvalue weighted by Gasteiger charge is 2.06. The van der Waals surface area contributed by atoms with E-state index >= 15 is 0 Å². The quantitative estimate of drug-likeness (QED) is 0.706. The molecule has 0 aliphatic carbocycles. The molecule has 0 saturated heterocycles. The predicted molar refractivity (Wildman–Crippen MR) is 70.9 cm³/mol. The lowest BCUT2D eigenvalue weighted by Crippen LogP contribution is -1.99. The number of fused-ring (bicyclic) bond motifs is 1. The standard InChI is InChI=1S/C14H20N2O2/c1-3-4-5-9-18-13-7-6-8-16-10-12(11-17-2)15-14(13)16/h6-8,10H,3-5,9,11H2,1-2H3. The highest BCUT2D eigenvalue weighted by Crippen LogP contribution is 2.19. The van der Waals surface area contributed by atoms with E-state index in [1.165, 1.54) is 12.8 Å². The largest absolute Gasteiger partial charge is 0.490 e. The number of unbranched alkanes of at least 4 members (excludes halogenated alkanes) is 2. The molecule has 2 heterocycles. The van der Waals surface area contributed by atoms with Gasteiger partial charge in [-0.2, -0.15) is 0 Å². The van der Waals surface area contributed by atoms with Crippen LogP contribution in [0.2, 0.25) is 0 Å². The Bertz CT molecular complexity index is 493. The number of aromatic nitrogens is 2. The number of nitrogens with zero attached hydrogens (tertiary/aromatic N) is 2. The summed E-state index contributed by atoms with van der Waals surface area (Å²) in [7, 11) is 1.67. The molecule has 18 heavy (non-hydrogen) atoms. The molecule has 0 aliphatic rings. The topological polar surface area (TPSA) is 35.8 Å². The minimum Gasteiger partial charge on any atom is -0.490 e. The van der Waals surface area contributed by atoms with Gasteiger partial charge in [0.1, 0.15) is 0 Å². The number of hydrogen-bond acceptors (Lipinski definition) is 3. The van der Waals surface area contributed by atoms with Gasteiger partial charge >= 0.3 is 0 Å². The van der Waals surface area contributed by atoms with Gasteiger partial charge in [0.25, 0.3) is 0 Å². The monoisotopic (exact) mass is 248 g/mol. The maximum atomic E-state index is 5.79. The lowest BCUT2D eigenvalue weighted by molar-refractivity contribution is 0.182. The van der Waals surface area contributed by atoms with Crippen LogP contribution in [0.25, 0.3) is 5.65 Å². The fourth-order valence-corrected chi connectivity index (χ4v) is 1.90. The van der Waals surface area contributed by atoms with Gasteiger partial charge in [-0.1, -0.05) is 19.8 Å². The molecule has 2 aromatic heterocycles. The molecule has 0 aromatic carbocycles. The Morgan fingerprint density at radius 1 is 1.33 bits per heavy atom. The summed E-state index contributed by atoms with van der Waals surface area (Å²) in [5.74, 6) is 0.843. The van der Waals surface area contributed by atoms with Gasteiger partial charge in [-0.15, -0.1) is 0 Å². The zero-order valence-corrected chi connectivity index (χ0v) is 11.1. The maximum Gasteiger partial charge on any atom is 0.180 e. The van der Waals surface area contributed by atoms with Crippen molar-refractivity contribution in [3.05, 3.63) is 30.2 Å². The number of pyridine rings is 1. The van der Waals surface area contributed by atoms with Gasteiger partial charge in [0.15, 0.2) is 11.4 Å². The van der Waals surface area contributed by atoms with E-state index in [0.717, 1.165) is 30.1 Å². The van der Waals surface area contributed by atoms with Crippen molar-refractivity contribution >= 4 is 5.65 Å². The van der Waals surface area contributed by atoms with Gasteiger partial charge in [0.2, 0.25) is 0 Å². The summed E-state index contributed by atoms with van der Waals surface area (Å²) in [6, 6.07) is 3.94. The number of hydrogen-bond donors (Lipinski definition) is 0. The van der Waals surface area contributed by atoms with Gasteiger partial charge in [0, 0.05) is 19.5 Å². The fourth-order valence-electron chi connectivity index (χ4n) is 1.90. The van der Waals surface area contributed by atoms with Crippen LogP contribution in [0.1, 0.15) is 31.9 Å². The molecule has 0 radical (unpaired) electrons. The molecule has 0 unspecified atom stereocenters. The fraction of sp³-hybridized carbons (Fsp3) is 0.500. The second-order valence-electron chi connectivity index (χ2n) is 4.32. The van der Waals surface area contributed by atoms with Crippen LogP contribution in [0.4, 0.5) is 0 Å². The molecule has 0 bridgehead atoms. The summed E-state index contributed by atoms with van der Waals surface area (Å²) >= 11 is 0. The number of methoxy groups -OCH3 is 1. The van der Waals surface area contributed by atoms with Gasteiger partial charge in [-0.25, -0.2) is 4.98 Å². The van der Waals surface area contributed by atoms with Crippen LogP contribution >= 0.6 is 0 Å². The highest BCUT2D eigenvalue weighted by atomic mass is 16.5. The van der Waals surface area contributed by atoms with Crippen LogP contribution in [0, 0.1) is 0 Å². The van der Waals surface area contributed by atoms with Crippen LogP contribution in [0.5, 0.6) is 5.75 Å². The summed E-state index contributed by atoms with van der Waals surface area (Å²) in [4.78, 5) is 4.51. The minimum atomic E-state index is 0.525. The number of rotatable bonds is 7. The first-order valence-corrected chi connectivity index (χ1v) is 6.43. The Morgan fingerprint density at radius 3 is 3.00 bits per heavy atom. The zero-order chi connectivity index (χ0) is 12.8. The molecule has 0 N–H and O–H groups in total. The van der Waals surface area contributed by atoms with Gasteiger partial charge < -0.3 is 13.9 Å². The average Bonchev–Trinajstić information content (AvgIpc) is 2.78. The SMILES string of the molecule is CCCCCOc1cccn2cc(COC)nc12. The average molecular weight is 248 g/mol. The van der Waals surface area contributed by atoms with E-state index in [1.807, 2.05) is 28.9 Å². The molecule has 4 heteroatoms. The third-order valence-electron chi connectivity index (χ3n) is 2.79. The Morgan fingerprint density at radius 2 is 2.22 bits per heavy atom. The summed E-state index contributed by atoms with van der Waals surface area (Å²) in [6.07, 6.45) is 7.43. The first-order chi connectivity index (χ1) is 8.85. The van der Waals surface area contributed by atoms with Gasteiger partial charge in [0.05, 0.1) is 18.9 Å². The summed E-state index contributed by atoms with van der Waals surface area (Å²) in [6.45, 7) is 3.46. The smallest absolute Gasteiger partial charge is 0.180 e. The first-order valence-electron chi connectivity index (χ1n) is 6.43. The minimum absolute atomic E-state index is 0.525. The maximum absolute atomic E-state index is 5.79. The van der Waals surface area contributed by atoms with E-state index in [2.05, 4.69) is 11.9 Å². The van der Waals surface area contributed by atoms with Crippen LogP contribution in [-0.4, -0.2) is 23.1 Å². The van der Waals surface area contributed by atoms with Crippen molar-refractivity contribution in [1.29, 1.82) is 0 Å². The molecule has 2 rings (SSSR count). The van der Waals surface area contributed by atoms with Crippen LogP contribution in [-0.2, 0) is 11.3 Å². The molecule has 0 aliphatic heterocycles. The van der Waals surface area contributed by atoms with Crippen molar-refractivity contribution in [2.24, 2.45) is 0 Å². The zero-order valence-electron chi connectivity index (χ0n) is 11.1. The Kier molecular flexibility index (Phi) is 4.59. The van der Waals surface area contributed by atoms with Crippen molar-refractivity contribution in [2.45, 2.75) is 32.8 Å². The second-order valence-corrected chi connectivity index (χ2v) is 4.32. The molecule has 0 fully saturated rings. The summed E-state index contributed by atoms with van der Waals surface area (Å²) in [5, 5.41) is 0. The van der Waals surface area contributed by atoms with E-state index in [0.29, 0.717) is 6.61 Å². The van der Waals surface area contributed by atoms with Crippen LogP contribution in [0.15, 0.2) is 24.5 Å².